The molecule has 0 atom stereocenters. The van der Waals surface area contributed by atoms with Gasteiger partial charge in [0.15, 0.2) is 0 Å². The van der Waals surface area contributed by atoms with Gasteiger partial charge in [0, 0.05) is 11.0 Å². The summed E-state index contributed by atoms with van der Waals surface area (Å²) in [5.74, 6) is -0.339. The van der Waals surface area contributed by atoms with Crippen molar-refractivity contribution in [1.82, 2.24) is 5.32 Å². The molecular formula is C10H10BrNO2. The van der Waals surface area contributed by atoms with Gasteiger partial charge in [0.25, 0.3) is 5.91 Å². The lowest BCUT2D eigenvalue weighted by Gasteiger charge is -2.05. The summed E-state index contributed by atoms with van der Waals surface area (Å²) in [6.07, 6.45) is 0. The third-order valence-electron chi connectivity index (χ3n) is 1.59. The number of rotatable bonds is 3. The van der Waals surface area contributed by atoms with Gasteiger partial charge in [-0.25, -0.2) is 0 Å². The van der Waals surface area contributed by atoms with Crippen LogP contribution in [0, 0.1) is 0 Å². The van der Waals surface area contributed by atoms with Crippen molar-refractivity contribution in [3.8, 4) is 5.75 Å². The summed E-state index contributed by atoms with van der Waals surface area (Å²) >= 11 is 3.12. The molecule has 0 radical (unpaired) electrons. The molecule has 4 heteroatoms. The zero-order valence-corrected chi connectivity index (χ0v) is 9.04. The maximum absolute atomic E-state index is 11.4. The number of amides is 1. The van der Waals surface area contributed by atoms with Gasteiger partial charge in [0.1, 0.15) is 5.75 Å². The fraction of sp³-hybridized carbons (Fsp3) is 0.100. The topological polar surface area (TPSA) is 49.3 Å². The van der Waals surface area contributed by atoms with Gasteiger partial charge < -0.3 is 10.4 Å². The van der Waals surface area contributed by atoms with Gasteiger partial charge >= 0.3 is 0 Å². The van der Waals surface area contributed by atoms with Crippen LogP contribution >= 0.6 is 15.9 Å². The first kappa shape index (κ1) is 10.8. The highest BCUT2D eigenvalue weighted by molar-refractivity contribution is 9.11. The summed E-state index contributed by atoms with van der Waals surface area (Å²) < 4.78 is 0.682. The van der Waals surface area contributed by atoms with Crippen LogP contribution in [0.1, 0.15) is 10.4 Å². The predicted octanol–water partition coefficient (Wildman–Crippen LogP) is 2.03. The summed E-state index contributed by atoms with van der Waals surface area (Å²) in [6.45, 7) is 3.92. The van der Waals surface area contributed by atoms with E-state index in [1.165, 1.54) is 6.07 Å². The van der Waals surface area contributed by atoms with E-state index in [1.807, 2.05) is 0 Å². The lowest BCUT2D eigenvalue weighted by molar-refractivity contribution is 0.0955. The number of halogens is 1. The highest BCUT2D eigenvalue weighted by atomic mass is 79.9. The molecule has 1 amide bonds. The number of aromatic hydroxyl groups is 1. The van der Waals surface area contributed by atoms with Gasteiger partial charge in [-0.05, 0) is 12.1 Å². The minimum Gasteiger partial charge on any atom is -0.507 e. The first-order valence-electron chi connectivity index (χ1n) is 4.00. The number of carbonyl (C=O) groups is 1. The van der Waals surface area contributed by atoms with E-state index in [0.717, 1.165) is 0 Å². The van der Waals surface area contributed by atoms with Crippen molar-refractivity contribution >= 4 is 21.8 Å². The molecule has 0 aliphatic heterocycles. The fourth-order valence-electron chi connectivity index (χ4n) is 0.937. The average molecular weight is 256 g/mol. The minimum atomic E-state index is -0.316. The molecule has 0 spiro atoms. The van der Waals surface area contributed by atoms with Gasteiger partial charge in [-0.15, -0.1) is 0 Å². The first-order valence-corrected chi connectivity index (χ1v) is 4.80. The second kappa shape index (κ2) is 4.81. The summed E-state index contributed by atoms with van der Waals surface area (Å²) in [5.41, 5.74) is 0.265. The molecule has 2 N–H and O–H groups in total. The zero-order valence-electron chi connectivity index (χ0n) is 7.46. The van der Waals surface area contributed by atoms with E-state index in [1.54, 1.807) is 18.2 Å². The van der Waals surface area contributed by atoms with Crippen LogP contribution in [0.25, 0.3) is 0 Å². The molecule has 0 aliphatic carbocycles. The SMILES string of the molecule is C=C(Br)CNC(=O)c1ccccc1O. The summed E-state index contributed by atoms with van der Waals surface area (Å²) in [5, 5.41) is 11.9. The molecule has 1 aromatic carbocycles. The van der Waals surface area contributed by atoms with E-state index in [2.05, 4.69) is 27.8 Å². The van der Waals surface area contributed by atoms with Gasteiger partial charge in [0.2, 0.25) is 0 Å². The quantitative estimate of drug-likeness (QED) is 0.869. The zero-order chi connectivity index (χ0) is 10.6. The molecular weight excluding hydrogens is 246 g/mol. The third-order valence-corrected chi connectivity index (χ3v) is 1.87. The highest BCUT2D eigenvalue weighted by Gasteiger charge is 2.08. The smallest absolute Gasteiger partial charge is 0.255 e. The summed E-state index contributed by atoms with van der Waals surface area (Å²) in [4.78, 5) is 11.4. The Labute approximate surface area is 90.6 Å². The molecule has 0 aromatic heterocycles. The van der Waals surface area contributed by atoms with Crippen LogP contribution in [-0.2, 0) is 0 Å². The van der Waals surface area contributed by atoms with Crippen molar-refractivity contribution in [3.63, 3.8) is 0 Å². The van der Waals surface area contributed by atoms with Crippen molar-refractivity contribution in [2.45, 2.75) is 0 Å². The maximum atomic E-state index is 11.4. The average Bonchev–Trinajstić information content (AvgIpc) is 2.15. The number of para-hydroxylation sites is 1. The van der Waals surface area contributed by atoms with Crippen molar-refractivity contribution < 1.29 is 9.90 Å². The Bertz CT molecular complexity index is 363. The number of hydrogen-bond acceptors (Lipinski definition) is 2. The Morgan fingerprint density at radius 1 is 1.50 bits per heavy atom. The van der Waals surface area contributed by atoms with Crippen molar-refractivity contribution in [1.29, 1.82) is 0 Å². The number of carbonyl (C=O) groups excluding carboxylic acids is 1. The maximum Gasteiger partial charge on any atom is 0.255 e. The third kappa shape index (κ3) is 2.88. The van der Waals surface area contributed by atoms with Crippen LogP contribution in [0.5, 0.6) is 5.75 Å². The molecule has 74 valence electrons. The van der Waals surface area contributed by atoms with Gasteiger partial charge in [-0.1, -0.05) is 34.6 Å². The Hall–Kier alpha value is -1.29. The van der Waals surface area contributed by atoms with Crippen molar-refractivity contribution in [3.05, 3.63) is 40.9 Å². The molecule has 0 bridgehead atoms. The molecule has 0 fully saturated rings. The Morgan fingerprint density at radius 2 is 2.14 bits per heavy atom. The van der Waals surface area contributed by atoms with E-state index in [9.17, 15) is 9.90 Å². The van der Waals surface area contributed by atoms with Gasteiger partial charge in [0.05, 0.1) is 5.56 Å². The van der Waals surface area contributed by atoms with Crippen LogP contribution in [0.2, 0.25) is 0 Å². The lowest BCUT2D eigenvalue weighted by atomic mass is 10.2. The molecule has 1 aromatic rings. The second-order valence-corrected chi connectivity index (χ2v) is 3.84. The lowest BCUT2D eigenvalue weighted by Crippen LogP contribution is -2.24. The molecule has 0 unspecified atom stereocenters. The number of hydrogen-bond donors (Lipinski definition) is 2. The van der Waals surface area contributed by atoms with Crippen molar-refractivity contribution in [2.75, 3.05) is 6.54 Å². The van der Waals surface area contributed by atoms with Gasteiger partial charge in [-0.3, -0.25) is 4.79 Å². The van der Waals surface area contributed by atoms with Gasteiger partial charge in [-0.2, -0.15) is 0 Å². The molecule has 0 saturated heterocycles. The van der Waals surface area contributed by atoms with Crippen LogP contribution < -0.4 is 5.32 Å². The minimum absolute atomic E-state index is 0.0230. The van der Waals surface area contributed by atoms with E-state index in [-0.39, 0.29) is 17.2 Å². The van der Waals surface area contributed by atoms with Crippen LogP contribution in [0.15, 0.2) is 35.3 Å². The number of phenolic OH excluding ortho intramolecular Hbond substituents is 1. The molecule has 1 rings (SSSR count). The standard InChI is InChI=1S/C10H10BrNO2/c1-7(11)6-12-10(14)8-4-2-3-5-9(8)13/h2-5,13H,1,6H2,(H,12,14). The second-order valence-electron chi connectivity index (χ2n) is 2.72. The van der Waals surface area contributed by atoms with Crippen LogP contribution in [-0.4, -0.2) is 17.6 Å². The molecule has 0 heterocycles. The molecule has 0 saturated carbocycles. The normalized spacial score (nSPS) is 9.50. The van der Waals surface area contributed by atoms with E-state index in [4.69, 9.17) is 0 Å². The molecule has 14 heavy (non-hydrogen) atoms. The van der Waals surface area contributed by atoms with E-state index in [0.29, 0.717) is 11.0 Å². The predicted molar refractivity (Wildman–Crippen MR) is 58.5 cm³/mol. The van der Waals surface area contributed by atoms with Crippen LogP contribution in [0.3, 0.4) is 0 Å². The summed E-state index contributed by atoms with van der Waals surface area (Å²) in [7, 11) is 0. The monoisotopic (exact) mass is 255 g/mol. The first-order chi connectivity index (χ1) is 6.61. The highest BCUT2D eigenvalue weighted by Crippen LogP contribution is 2.15. The van der Waals surface area contributed by atoms with Crippen molar-refractivity contribution in [2.24, 2.45) is 0 Å². The number of benzene rings is 1. The Morgan fingerprint density at radius 3 is 2.71 bits per heavy atom. The molecule has 0 aliphatic rings. The van der Waals surface area contributed by atoms with E-state index >= 15 is 0 Å². The Kier molecular flexibility index (Phi) is 3.71. The van der Waals surface area contributed by atoms with Crippen LogP contribution in [0.4, 0.5) is 0 Å². The number of phenols is 1. The Balaban J connectivity index is 2.70. The fourth-order valence-corrected chi connectivity index (χ4v) is 1.08. The molecule has 3 nitrogen and oxygen atoms in total. The van der Waals surface area contributed by atoms with E-state index < -0.39 is 0 Å². The number of nitrogens with one attached hydrogen (secondary N) is 1. The largest absolute Gasteiger partial charge is 0.507 e. The summed E-state index contributed by atoms with van der Waals surface area (Å²) in [6, 6.07) is 6.38.